The number of halogens is 1. The Kier molecular flexibility index (Phi) is 4.04. The van der Waals surface area contributed by atoms with Gasteiger partial charge in [-0.1, -0.05) is 6.07 Å². The van der Waals surface area contributed by atoms with Gasteiger partial charge in [-0.05, 0) is 37.3 Å². The second-order valence-electron chi connectivity index (χ2n) is 4.48. The van der Waals surface area contributed by atoms with Crippen molar-refractivity contribution in [1.82, 2.24) is 4.98 Å². The van der Waals surface area contributed by atoms with Crippen LogP contribution in [0.5, 0.6) is 0 Å². The molecule has 0 amide bonds. The smallest absolute Gasteiger partial charge is 0.338 e. The second kappa shape index (κ2) is 5.61. The molecule has 0 atom stereocenters. The van der Waals surface area contributed by atoms with Gasteiger partial charge < -0.3 is 5.11 Å². The molecule has 2 rings (SSSR count). The topological polar surface area (TPSA) is 84.3 Å². The zero-order valence-electron chi connectivity index (χ0n) is 11.1. The lowest BCUT2D eigenvalue weighted by molar-refractivity contribution is 0.0691. The third kappa shape index (κ3) is 3.43. The molecule has 1 aromatic carbocycles. The number of sulfone groups is 1. The summed E-state index contributed by atoms with van der Waals surface area (Å²) in [6.45, 7) is 1.73. The first kappa shape index (κ1) is 15.1. The van der Waals surface area contributed by atoms with Crippen LogP contribution in [0.1, 0.15) is 21.7 Å². The number of hydrogen-bond acceptors (Lipinski definition) is 4. The van der Waals surface area contributed by atoms with Gasteiger partial charge in [0.05, 0.1) is 21.9 Å². The Morgan fingerprint density at radius 3 is 2.62 bits per heavy atom. The molecular formula is C14H12FNO4S. The average molecular weight is 309 g/mol. The number of aromatic carboxylic acids is 1. The van der Waals surface area contributed by atoms with Gasteiger partial charge in [-0.3, -0.25) is 4.98 Å². The van der Waals surface area contributed by atoms with Crippen LogP contribution in [0, 0.1) is 12.7 Å². The molecule has 0 saturated carbocycles. The van der Waals surface area contributed by atoms with E-state index in [0.29, 0.717) is 11.4 Å². The Morgan fingerprint density at radius 2 is 2.00 bits per heavy atom. The molecule has 0 spiro atoms. The summed E-state index contributed by atoms with van der Waals surface area (Å²) in [6, 6.07) is 7.68. The molecule has 110 valence electrons. The van der Waals surface area contributed by atoms with Crippen molar-refractivity contribution in [2.75, 3.05) is 0 Å². The summed E-state index contributed by atoms with van der Waals surface area (Å²) in [5, 5.41) is 8.83. The second-order valence-corrected chi connectivity index (χ2v) is 6.47. The number of aryl methyl sites for hydroxylation is 1. The first-order valence-corrected chi connectivity index (χ1v) is 7.63. The number of aromatic nitrogens is 1. The maximum Gasteiger partial charge on any atom is 0.338 e. The minimum absolute atomic E-state index is 0.246. The molecule has 0 aliphatic rings. The third-order valence-electron chi connectivity index (χ3n) is 2.81. The molecule has 5 nitrogen and oxygen atoms in total. The summed E-state index contributed by atoms with van der Waals surface area (Å²) in [5.74, 6) is -2.87. The minimum atomic E-state index is -3.80. The van der Waals surface area contributed by atoms with Crippen molar-refractivity contribution >= 4 is 15.8 Å². The number of benzene rings is 1. The number of carbonyl (C=O) groups is 1. The molecule has 1 aromatic heterocycles. The number of carboxylic acid groups (broad SMARTS) is 1. The molecule has 1 N–H and O–H groups in total. The van der Waals surface area contributed by atoms with Crippen molar-refractivity contribution in [1.29, 1.82) is 0 Å². The zero-order chi connectivity index (χ0) is 15.6. The lowest BCUT2D eigenvalue weighted by Crippen LogP contribution is -2.09. The number of rotatable bonds is 4. The van der Waals surface area contributed by atoms with E-state index in [1.807, 2.05) is 0 Å². The van der Waals surface area contributed by atoms with Gasteiger partial charge in [-0.15, -0.1) is 0 Å². The maximum absolute atomic E-state index is 13.3. The highest BCUT2D eigenvalue weighted by molar-refractivity contribution is 7.90. The quantitative estimate of drug-likeness (QED) is 0.875. The van der Waals surface area contributed by atoms with E-state index < -0.39 is 27.2 Å². The summed E-state index contributed by atoms with van der Waals surface area (Å²) in [4.78, 5) is 14.7. The van der Waals surface area contributed by atoms with Crippen LogP contribution < -0.4 is 0 Å². The van der Waals surface area contributed by atoms with Crippen LogP contribution in [0.15, 0.2) is 41.3 Å². The fourth-order valence-electron chi connectivity index (χ4n) is 1.82. The van der Waals surface area contributed by atoms with E-state index in [4.69, 9.17) is 5.11 Å². The van der Waals surface area contributed by atoms with Gasteiger partial charge in [0.2, 0.25) is 0 Å². The van der Waals surface area contributed by atoms with Crippen LogP contribution >= 0.6 is 0 Å². The highest BCUT2D eigenvalue weighted by Gasteiger charge is 2.20. The monoisotopic (exact) mass is 309 g/mol. The minimum Gasteiger partial charge on any atom is -0.478 e. The standard InChI is InChI=1S/C14H12FNO4S/c1-9-3-2-4-10(16-9)8-21(19,20)11-5-6-13(15)12(7-11)14(17)18/h2-7H,8H2,1H3,(H,17,18). The van der Waals surface area contributed by atoms with Gasteiger partial charge in [0.25, 0.3) is 0 Å². The lowest BCUT2D eigenvalue weighted by Gasteiger charge is -2.06. The molecule has 0 aliphatic heterocycles. The molecule has 0 unspecified atom stereocenters. The fourth-order valence-corrected chi connectivity index (χ4v) is 3.11. The molecule has 0 fully saturated rings. The molecule has 1 heterocycles. The highest BCUT2D eigenvalue weighted by atomic mass is 32.2. The van der Waals surface area contributed by atoms with Gasteiger partial charge >= 0.3 is 5.97 Å². The predicted octanol–water partition coefficient (Wildman–Crippen LogP) is 2.20. The van der Waals surface area contributed by atoms with E-state index in [9.17, 15) is 17.6 Å². The normalized spacial score (nSPS) is 11.3. The number of hydrogen-bond donors (Lipinski definition) is 1. The molecule has 0 bridgehead atoms. The van der Waals surface area contributed by atoms with E-state index in [2.05, 4.69) is 4.98 Å². The van der Waals surface area contributed by atoms with E-state index >= 15 is 0 Å². The molecule has 0 radical (unpaired) electrons. The Morgan fingerprint density at radius 1 is 1.29 bits per heavy atom. The van der Waals surface area contributed by atoms with Gasteiger partial charge in [0, 0.05) is 5.69 Å². The fraction of sp³-hybridized carbons (Fsp3) is 0.143. The van der Waals surface area contributed by atoms with Gasteiger partial charge in [0.15, 0.2) is 9.84 Å². The van der Waals surface area contributed by atoms with Crippen LogP contribution in [-0.4, -0.2) is 24.5 Å². The van der Waals surface area contributed by atoms with E-state index in [0.717, 1.165) is 18.2 Å². The Labute approximate surface area is 121 Å². The zero-order valence-corrected chi connectivity index (χ0v) is 11.9. The van der Waals surface area contributed by atoms with Crippen molar-refractivity contribution in [2.45, 2.75) is 17.6 Å². The summed E-state index contributed by atoms with van der Waals surface area (Å²) in [7, 11) is -3.80. The maximum atomic E-state index is 13.3. The summed E-state index contributed by atoms with van der Waals surface area (Å²) in [6.07, 6.45) is 0. The molecule has 0 aliphatic carbocycles. The first-order valence-electron chi connectivity index (χ1n) is 5.98. The van der Waals surface area contributed by atoms with Gasteiger partial charge in [-0.2, -0.15) is 0 Å². The average Bonchev–Trinajstić information content (AvgIpc) is 2.38. The van der Waals surface area contributed by atoms with Crippen LogP contribution in [0.3, 0.4) is 0 Å². The Balaban J connectivity index is 2.40. The Bertz CT molecular complexity index is 802. The van der Waals surface area contributed by atoms with Crippen LogP contribution in [0.4, 0.5) is 4.39 Å². The SMILES string of the molecule is Cc1cccc(CS(=O)(=O)c2ccc(F)c(C(=O)O)c2)n1. The third-order valence-corrected chi connectivity index (χ3v) is 4.46. The summed E-state index contributed by atoms with van der Waals surface area (Å²) < 4.78 is 37.8. The van der Waals surface area contributed by atoms with Crippen molar-refractivity contribution in [3.8, 4) is 0 Å². The van der Waals surface area contributed by atoms with Gasteiger partial charge in [0.1, 0.15) is 5.82 Å². The van der Waals surface area contributed by atoms with Crippen LogP contribution in [0.25, 0.3) is 0 Å². The molecule has 21 heavy (non-hydrogen) atoms. The largest absolute Gasteiger partial charge is 0.478 e. The first-order chi connectivity index (χ1) is 9.79. The molecule has 2 aromatic rings. The van der Waals surface area contributed by atoms with Gasteiger partial charge in [-0.25, -0.2) is 17.6 Å². The van der Waals surface area contributed by atoms with Crippen molar-refractivity contribution in [3.05, 3.63) is 59.2 Å². The summed E-state index contributed by atoms with van der Waals surface area (Å²) >= 11 is 0. The number of pyridine rings is 1. The molecule has 7 heteroatoms. The molecule has 0 saturated heterocycles. The van der Waals surface area contributed by atoms with Crippen LogP contribution in [0.2, 0.25) is 0 Å². The van der Waals surface area contributed by atoms with Crippen molar-refractivity contribution in [3.63, 3.8) is 0 Å². The van der Waals surface area contributed by atoms with Crippen molar-refractivity contribution < 1.29 is 22.7 Å². The molecular weight excluding hydrogens is 297 g/mol. The number of nitrogens with zero attached hydrogens (tertiary/aromatic N) is 1. The van der Waals surface area contributed by atoms with Crippen molar-refractivity contribution in [2.24, 2.45) is 0 Å². The predicted molar refractivity (Wildman–Crippen MR) is 73.2 cm³/mol. The van der Waals surface area contributed by atoms with Crippen LogP contribution in [-0.2, 0) is 15.6 Å². The lowest BCUT2D eigenvalue weighted by atomic mass is 10.2. The highest BCUT2D eigenvalue weighted by Crippen LogP contribution is 2.19. The van der Waals surface area contributed by atoms with E-state index in [-0.39, 0.29) is 10.6 Å². The van der Waals surface area contributed by atoms with E-state index in [1.54, 1.807) is 25.1 Å². The number of carboxylic acids is 1. The van der Waals surface area contributed by atoms with E-state index in [1.165, 1.54) is 0 Å². The Hall–Kier alpha value is -2.28. The summed E-state index contributed by atoms with van der Waals surface area (Å²) in [5.41, 5.74) is 0.345.